The smallest absolute Gasteiger partial charge is 0.404 e. The van der Waals surface area contributed by atoms with E-state index in [1.54, 1.807) is 12.1 Å². The summed E-state index contributed by atoms with van der Waals surface area (Å²) in [5, 5.41) is 2.82. The lowest BCUT2D eigenvalue weighted by Gasteiger charge is -2.30. The zero-order valence-corrected chi connectivity index (χ0v) is 12.3. The fourth-order valence-corrected chi connectivity index (χ4v) is 1.58. The molecule has 1 atom stereocenters. The van der Waals surface area contributed by atoms with E-state index < -0.39 is 6.09 Å². The van der Waals surface area contributed by atoms with Gasteiger partial charge in [-0.05, 0) is 24.5 Å². The molecule has 0 saturated carbocycles. The molecule has 6 nitrogen and oxygen atoms in total. The number of nitrogens with two attached hydrogens (primary N) is 1. The van der Waals surface area contributed by atoms with Crippen LogP contribution in [0.5, 0.6) is 0 Å². The average molecular weight is 279 g/mol. The summed E-state index contributed by atoms with van der Waals surface area (Å²) < 4.78 is 4.79. The summed E-state index contributed by atoms with van der Waals surface area (Å²) in [6, 6.07) is 4.86. The van der Waals surface area contributed by atoms with Gasteiger partial charge >= 0.3 is 6.09 Å². The van der Waals surface area contributed by atoms with E-state index in [0.29, 0.717) is 5.69 Å². The second-order valence-corrected chi connectivity index (χ2v) is 5.69. The SMILES string of the molecule is Cc1cccc(C(=O)NC(COC(N)=O)C(C)(C)C)n1. The molecular weight excluding hydrogens is 258 g/mol. The molecule has 1 unspecified atom stereocenters. The Bertz CT molecular complexity index is 495. The van der Waals surface area contributed by atoms with E-state index in [1.807, 2.05) is 33.8 Å². The van der Waals surface area contributed by atoms with Crippen molar-refractivity contribution in [1.29, 1.82) is 0 Å². The van der Waals surface area contributed by atoms with Crippen molar-refractivity contribution in [2.24, 2.45) is 11.1 Å². The minimum Gasteiger partial charge on any atom is -0.448 e. The van der Waals surface area contributed by atoms with E-state index >= 15 is 0 Å². The summed E-state index contributed by atoms with van der Waals surface area (Å²) in [5.74, 6) is -0.304. The molecule has 1 heterocycles. The standard InChI is InChI=1S/C14H21N3O3/c1-9-6-5-7-10(16-9)12(18)17-11(14(2,3)4)8-20-13(15)19/h5-7,11H,8H2,1-4H3,(H2,15,19)(H,17,18). The zero-order chi connectivity index (χ0) is 15.3. The van der Waals surface area contributed by atoms with Gasteiger partial charge in [0.1, 0.15) is 12.3 Å². The van der Waals surface area contributed by atoms with E-state index in [0.717, 1.165) is 5.69 Å². The number of rotatable bonds is 4. The van der Waals surface area contributed by atoms with Crippen molar-refractivity contribution in [2.45, 2.75) is 33.7 Å². The van der Waals surface area contributed by atoms with Crippen LogP contribution < -0.4 is 11.1 Å². The minimum atomic E-state index is -0.859. The summed E-state index contributed by atoms with van der Waals surface area (Å²) in [7, 11) is 0. The first-order valence-corrected chi connectivity index (χ1v) is 6.37. The van der Waals surface area contributed by atoms with Gasteiger partial charge in [0.25, 0.3) is 5.91 Å². The van der Waals surface area contributed by atoms with Crippen LogP contribution in [0.25, 0.3) is 0 Å². The number of nitrogens with zero attached hydrogens (tertiary/aromatic N) is 1. The Kier molecular flexibility index (Phi) is 5.07. The quantitative estimate of drug-likeness (QED) is 0.875. The van der Waals surface area contributed by atoms with Crippen LogP contribution in [0.2, 0.25) is 0 Å². The molecule has 0 fully saturated rings. The molecule has 1 aromatic rings. The fourth-order valence-electron chi connectivity index (χ4n) is 1.58. The second kappa shape index (κ2) is 6.36. The number of aromatic nitrogens is 1. The second-order valence-electron chi connectivity index (χ2n) is 5.69. The number of ether oxygens (including phenoxy) is 1. The first kappa shape index (κ1) is 15.9. The Hall–Kier alpha value is -2.11. The molecule has 0 saturated heterocycles. The maximum atomic E-state index is 12.2. The van der Waals surface area contributed by atoms with Gasteiger partial charge in [-0.3, -0.25) is 4.79 Å². The molecule has 110 valence electrons. The number of hydrogen-bond donors (Lipinski definition) is 2. The van der Waals surface area contributed by atoms with Crippen LogP contribution in [0.3, 0.4) is 0 Å². The molecule has 20 heavy (non-hydrogen) atoms. The van der Waals surface area contributed by atoms with Crippen LogP contribution in [0, 0.1) is 12.3 Å². The van der Waals surface area contributed by atoms with Crippen molar-refractivity contribution in [3.05, 3.63) is 29.6 Å². The summed E-state index contributed by atoms with van der Waals surface area (Å²) in [4.78, 5) is 27.0. The largest absolute Gasteiger partial charge is 0.448 e. The third-order valence-corrected chi connectivity index (χ3v) is 2.86. The molecule has 0 bridgehead atoms. The van der Waals surface area contributed by atoms with Gasteiger partial charge in [0, 0.05) is 5.69 Å². The van der Waals surface area contributed by atoms with Gasteiger partial charge in [-0.15, -0.1) is 0 Å². The molecule has 0 spiro atoms. The molecule has 2 amide bonds. The Morgan fingerprint density at radius 3 is 2.55 bits per heavy atom. The molecule has 0 aliphatic rings. The molecule has 1 aromatic heterocycles. The number of carbonyl (C=O) groups is 2. The Balaban J connectivity index is 2.79. The fraction of sp³-hybridized carbons (Fsp3) is 0.500. The van der Waals surface area contributed by atoms with Crippen LogP contribution in [0.4, 0.5) is 4.79 Å². The van der Waals surface area contributed by atoms with Gasteiger partial charge in [-0.2, -0.15) is 0 Å². The van der Waals surface area contributed by atoms with Gasteiger partial charge in [0.2, 0.25) is 0 Å². The van der Waals surface area contributed by atoms with Gasteiger partial charge in [0.05, 0.1) is 6.04 Å². The number of pyridine rings is 1. The summed E-state index contributed by atoms with van der Waals surface area (Å²) in [6.07, 6.45) is -0.859. The highest BCUT2D eigenvalue weighted by Crippen LogP contribution is 2.20. The highest BCUT2D eigenvalue weighted by molar-refractivity contribution is 5.92. The van der Waals surface area contributed by atoms with Crippen LogP contribution in [-0.4, -0.2) is 29.6 Å². The van der Waals surface area contributed by atoms with Crippen molar-refractivity contribution < 1.29 is 14.3 Å². The molecule has 0 aliphatic carbocycles. The first-order chi connectivity index (χ1) is 9.20. The monoisotopic (exact) mass is 279 g/mol. The van der Waals surface area contributed by atoms with E-state index in [2.05, 4.69) is 10.3 Å². The first-order valence-electron chi connectivity index (χ1n) is 6.37. The lowest BCUT2D eigenvalue weighted by molar-refractivity contribution is 0.0799. The lowest BCUT2D eigenvalue weighted by Crippen LogP contribution is -2.47. The van der Waals surface area contributed by atoms with Crippen molar-refractivity contribution in [3.8, 4) is 0 Å². The molecule has 0 aliphatic heterocycles. The third-order valence-electron chi connectivity index (χ3n) is 2.86. The van der Waals surface area contributed by atoms with E-state index in [4.69, 9.17) is 10.5 Å². The average Bonchev–Trinajstić information content (AvgIpc) is 2.32. The minimum absolute atomic E-state index is 0.0242. The number of amides is 2. The Labute approximate surface area is 118 Å². The molecular formula is C14H21N3O3. The van der Waals surface area contributed by atoms with Crippen molar-refractivity contribution in [1.82, 2.24) is 10.3 Å². The molecule has 0 aromatic carbocycles. The number of nitrogens with one attached hydrogen (secondary N) is 1. The van der Waals surface area contributed by atoms with Crippen LogP contribution in [0.15, 0.2) is 18.2 Å². The lowest BCUT2D eigenvalue weighted by atomic mass is 9.87. The number of carbonyl (C=O) groups excluding carboxylic acids is 2. The van der Waals surface area contributed by atoms with E-state index in [-0.39, 0.29) is 24.0 Å². The summed E-state index contributed by atoms with van der Waals surface area (Å²) in [6.45, 7) is 7.65. The number of primary amides is 1. The van der Waals surface area contributed by atoms with Gasteiger partial charge in [0.15, 0.2) is 0 Å². The molecule has 6 heteroatoms. The topological polar surface area (TPSA) is 94.3 Å². The number of hydrogen-bond acceptors (Lipinski definition) is 4. The predicted octanol–water partition coefficient (Wildman–Crippen LogP) is 1.63. The van der Waals surface area contributed by atoms with Crippen molar-refractivity contribution in [3.63, 3.8) is 0 Å². The van der Waals surface area contributed by atoms with Crippen LogP contribution in [0.1, 0.15) is 37.0 Å². The molecule has 1 rings (SSSR count). The third kappa shape index (κ3) is 4.87. The highest BCUT2D eigenvalue weighted by Gasteiger charge is 2.28. The normalized spacial score (nSPS) is 12.6. The highest BCUT2D eigenvalue weighted by atomic mass is 16.5. The van der Waals surface area contributed by atoms with Gasteiger partial charge in [-0.25, -0.2) is 9.78 Å². The predicted molar refractivity (Wildman–Crippen MR) is 75.2 cm³/mol. The zero-order valence-electron chi connectivity index (χ0n) is 12.3. The molecule has 3 N–H and O–H groups in total. The maximum Gasteiger partial charge on any atom is 0.404 e. The summed E-state index contributed by atoms with van der Waals surface area (Å²) >= 11 is 0. The van der Waals surface area contributed by atoms with Crippen LogP contribution >= 0.6 is 0 Å². The van der Waals surface area contributed by atoms with E-state index in [9.17, 15) is 9.59 Å². The summed E-state index contributed by atoms with van der Waals surface area (Å²) in [5.41, 5.74) is 5.77. The van der Waals surface area contributed by atoms with Crippen LogP contribution in [-0.2, 0) is 4.74 Å². The van der Waals surface area contributed by atoms with Gasteiger partial charge in [-0.1, -0.05) is 26.8 Å². The van der Waals surface area contributed by atoms with Crippen molar-refractivity contribution >= 4 is 12.0 Å². The Morgan fingerprint density at radius 2 is 2.05 bits per heavy atom. The van der Waals surface area contributed by atoms with Crippen molar-refractivity contribution in [2.75, 3.05) is 6.61 Å². The van der Waals surface area contributed by atoms with Gasteiger partial charge < -0.3 is 15.8 Å². The Morgan fingerprint density at radius 1 is 1.40 bits per heavy atom. The molecule has 0 radical (unpaired) electrons. The maximum absolute atomic E-state index is 12.2. The number of aryl methyl sites for hydroxylation is 1. The van der Waals surface area contributed by atoms with E-state index in [1.165, 1.54) is 0 Å².